The van der Waals surface area contributed by atoms with Gasteiger partial charge in [0.25, 0.3) is 5.91 Å². The second kappa shape index (κ2) is 11.2. The Bertz CT molecular complexity index is 1360. The molecule has 3 heterocycles. The topological polar surface area (TPSA) is 112 Å². The monoisotopic (exact) mass is 548 g/mol. The van der Waals surface area contributed by atoms with E-state index in [9.17, 15) is 9.59 Å². The number of nitrogens with zero attached hydrogens (tertiary/aromatic N) is 2. The van der Waals surface area contributed by atoms with E-state index >= 15 is 0 Å². The minimum Gasteiger partial charge on any atom is -0.343 e. The summed E-state index contributed by atoms with van der Waals surface area (Å²) in [5.74, 6) is 0.472. The molecule has 1 fully saturated rings. The van der Waals surface area contributed by atoms with Gasteiger partial charge in [-0.2, -0.15) is 0 Å². The highest BCUT2D eigenvalue weighted by Crippen LogP contribution is 2.38. The van der Waals surface area contributed by atoms with Gasteiger partial charge >= 0.3 is 6.03 Å². The molecule has 3 amide bonds. The van der Waals surface area contributed by atoms with Crippen LogP contribution in [0.2, 0.25) is 0 Å². The summed E-state index contributed by atoms with van der Waals surface area (Å²) in [6.45, 7) is 11.4. The van der Waals surface area contributed by atoms with Gasteiger partial charge in [0.1, 0.15) is 4.83 Å². The number of nitrogens with two attached hydrogens (primary N) is 1. The average Bonchev–Trinajstić information content (AvgIpc) is 3.32. The Kier molecular flexibility index (Phi) is 7.94. The molecule has 1 saturated heterocycles. The van der Waals surface area contributed by atoms with Crippen LogP contribution in [-0.4, -0.2) is 54.0 Å². The van der Waals surface area contributed by atoms with Crippen LogP contribution in [0.1, 0.15) is 66.7 Å². The van der Waals surface area contributed by atoms with E-state index in [1.165, 1.54) is 22.6 Å². The van der Waals surface area contributed by atoms with Gasteiger partial charge in [0.2, 0.25) is 0 Å². The number of aryl methyl sites for hydroxylation is 1. The molecule has 39 heavy (non-hydrogen) atoms. The van der Waals surface area contributed by atoms with E-state index in [0.29, 0.717) is 23.0 Å². The molecule has 2 aromatic heterocycles. The van der Waals surface area contributed by atoms with E-state index in [1.54, 1.807) is 0 Å². The van der Waals surface area contributed by atoms with Gasteiger partial charge in [-0.15, -0.1) is 11.3 Å². The van der Waals surface area contributed by atoms with E-state index in [4.69, 9.17) is 10.7 Å². The molecular formula is C30H40N6O2S. The van der Waals surface area contributed by atoms with Crippen LogP contribution in [0.4, 0.5) is 10.5 Å². The molecular weight excluding hydrogens is 508 g/mol. The minimum atomic E-state index is -0.383. The highest BCUT2D eigenvalue weighted by molar-refractivity contribution is 7.20. The predicted octanol–water partition coefficient (Wildman–Crippen LogP) is 4.70. The average molecular weight is 549 g/mol. The molecule has 0 spiro atoms. The van der Waals surface area contributed by atoms with Crippen molar-refractivity contribution in [3.8, 4) is 0 Å². The smallest absolute Gasteiger partial charge is 0.322 e. The van der Waals surface area contributed by atoms with Gasteiger partial charge in [-0.3, -0.25) is 4.79 Å². The van der Waals surface area contributed by atoms with Crippen LogP contribution in [0.3, 0.4) is 0 Å². The fraction of sp³-hybridized carbons (Fsp3) is 0.500. The van der Waals surface area contributed by atoms with Crippen molar-refractivity contribution < 1.29 is 9.59 Å². The van der Waals surface area contributed by atoms with Gasteiger partial charge in [-0.1, -0.05) is 32.9 Å². The van der Waals surface area contributed by atoms with Crippen molar-refractivity contribution in [2.45, 2.75) is 59.0 Å². The Morgan fingerprint density at radius 1 is 1.26 bits per heavy atom. The third-order valence-corrected chi connectivity index (χ3v) is 9.21. The second-order valence-corrected chi connectivity index (χ2v) is 13.0. The number of urea groups is 1. The number of amides is 3. The van der Waals surface area contributed by atoms with Crippen LogP contribution < -0.4 is 21.7 Å². The molecule has 5 N–H and O–H groups in total. The quantitative estimate of drug-likeness (QED) is 0.369. The summed E-state index contributed by atoms with van der Waals surface area (Å²) >= 11 is 1.43. The van der Waals surface area contributed by atoms with Gasteiger partial charge in [-0.25, -0.2) is 9.78 Å². The van der Waals surface area contributed by atoms with E-state index in [-0.39, 0.29) is 36.0 Å². The molecule has 0 bridgehead atoms. The zero-order chi connectivity index (χ0) is 27.7. The molecule has 9 heteroatoms. The van der Waals surface area contributed by atoms with Gasteiger partial charge in [-0.05, 0) is 72.9 Å². The Balaban J connectivity index is 1.29. The normalized spacial score (nSPS) is 20.4. The highest BCUT2D eigenvalue weighted by Gasteiger charge is 2.30. The zero-order valence-corrected chi connectivity index (χ0v) is 24.2. The standard InChI is InChI=1S/C30H40N6O2S/c1-18-17-32-10-11-36(18)29(38)33-23-7-5-6-19(14-23)25(16-31)34-27(37)26-15-21-12-20-13-22(30(2,3)4)8-9-24(20)35-28(21)39-26/h5-7,12,14-15,18,22,25,32H,8-11,13,16-17,31H2,1-4H3,(H,33,38)(H,34,37)/t18-,22-,25-/m1/s1. The van der Waals surface area contributed by atoms with Crippen LogP contribution in [0.25, 0.3) is 10.2 Å². The van der Waals surface area contributed by atoms with Gasteiger partial charge < -0.3 is 26.6 Å². The number of fused-ring (bicyclic) bond motifs is 2. The van der Waals surface area contributed by atoms with Crippen molar-refractivity contribution in [3.63, 3.8) is 0 Å². The third-order valence-electron chi connectivity index (χ3n) is 8.16. The van der Waals surface area contributed by atoms with Gasteiger partial charge in [0.15, 0.2) is 0 Å². The number of aromatic nitrogens is 1. The first-order chi connectivity index (χ1) is 18.6. The first-order valence-electron chi connectivity index (χ1n) is 13.9. The van der Waals surface area contributed by atoms with E-state index < -0.39 is 0 Å². The van der Waals surface area contributed by atoms with Gasteiger partial charge in [0, 0.05) is 49.0 Å². The highest BCUT2D eigenvalue weighted by atomic mass is 32.1. The number of piperazine rings is 1. The molecule has 8 nitrogen and oxygen atoms in total. The molecule has 0 unspecified atom stereocenters. The van der Waals surface area contributed by atoms with E-state index in [2.05, 4.69) is 42.8 Å². The number of nitrogens with one attached hydrogen (secondary N) is 3. The number of anilines is 1. The molecule has 1 aromatic carbocycles. The summed E-state index contributed by atoms with van der Waals surface area (Å²) in [7, 11) is 0. The molecule has 0 radical (unpaired) electrons. The minimum absolute atomic E-state index is 0.122. The SMILES string of the molecule is C[C@@H]1CNCCN1C(=O)Nc1cccc([C@@H](CN)NC(=O)c2cc3cc4c(nc3s2)CC[C@@H](C(C)(C)C)C4)c1. The van der Waals surface area contributed by atoms with Crippen LogP contribution in [-0.2, 0) is 12.8 Å². The van der Waals surface area contributed by atoms with Crippen LogP contribution in [0.5, 0.6) is 0 Å². The molecule has 3 aromatic rings. The van der Waals surface area contributed by atoms with Crippen molar-refractivity contribution in [2.75, 3.05) is 31.5 Å². The lowest BCUT2D eigenvalue weighted by molar-refractivity contribution is 0.0942. The first-order valence-corrected chi connectivity index (χ1v) is 14.8. The number of hydrogen-bond donors (Lipinski definition) is 4. The number of thiophene rings is 1. The lowest BCUT2D eigenvalue weighted by atomic mass is 9.71. The summed E-state index contributed by atoms with van der Waals surface area (Å²) in [5, 5.41) is 10.4. The van der Waals surface area contributed by atoms with Crippen LogP contribution in [0, 0.1) is 11.3 Å². The van der Waals surface area contributed by atoms with Crippen molar-refractivity contribution >= 4 is 39.2 Å². The van der Waals surface area contributed by atoms with E-state index in [0.717, 1.165) is 48.1 Å². The zero-order valence-electron chi connectivity index (χ0n) is 23.3. The number of rotatable bonds is 5. The fourth-order valence-corrected chi connectivity index (χ4v) is 6.59. The van der Waals surface area contributed by atoms with Crippen molar-refractivity contribution in [1.82, 2.24) is 20.5 Å². The first kappa shape index (κ1) is 27.6. The van der Waals surface area contributed by atoms with Crippen molar-refractivity contribution in [1.29, 1.82) is 0 Å². The summed E-state index contributed by atoms with van der Waals surface area (Å²) in [6, 6.07) is 11.3. The summed E-state index contributed by atoms with van der Waals surface area (Å²) < 4.78 is 0. The number of pyridine rings is 1. The predicted molar refractivity (Wildman–Crippen MR) is 158 cm³/mol. The Morgan fingerprint density at radius 2 is 2.08 bits per heavy atom. The molecule has 1 aliphatic heterocycles. The van der Waals surface area contributed by atoms with Crippen LogP contribution in [0.15, 0.2) is 36.4 Å². The molecule has 5 rings (SSSR count). The maximum absolute atomic E-state index is 13.3. The van der Waals surface area contributed by atoms with Crippen LogP contribution >= 0.6 is 11.3 Å². The molecule has 3 atom stereocenters. The Hall–Kier alpha value is -3.01. The largest absolute Gasteiger partial charge is 0.343 e. The lowest BCUT2D eigenvalue weighted by Crippen LogP contribution is -2.53. The second-order valence-electron chi connectivity index (χ2n) is 12.0. The summed E-state index contributed by atoms with van der Waals surface area (Å²) in [6.07, 6.45) is 3.18. The van der Waals surface area contributed by atoms with Gasteiger partial charge in [0.05, 0.1) is 10.9 Å². The Morgan fingerprint density at radius 3 is 2.82 bits per heavy atom. The fourth-order valence-electron chi connectivity index (χ4n) is 5.65. The molecule has 0 saturated carbocycles. The number of carbonyl (C=O) groups excluding carboxylic acids is 2. The Labute approximate surface area is 234 Å². The number of benzene rings is 1. The maximum Gasteiger partial charge on any atom is 0.322 e. The maximum atomic E-state index is 13.3. The third kappa shape index (κ3) is 6.10. The van der Waals surface area contributed by atoms with Crippen molar-refractivity contribution in [3.05, 3.63) is 58.1 Å². The summed E-state index contributed by atoms with van der Waals surface area (Å²) in [5.41, 5.74) is 10.4. The number of carbonyl (C=O) groups is 2. The van der Waals surface area contributed by atoms with E-state index in [1.807, 2.05) is 42.2 Å². The molecule has 208 valence electrons. The van der Waals surface area contributed by atoms with Crippen molar-refractivity contribution in [2.24, 2.45) is 17.1 Å². The number of hydrogen-bond acceptors (Lipinski definition) is 6. The molecule has 1 aliphatic carbocycles. The summed E-state index contributed by atoms with van der Waals surface area (Å²) in [4.78, 5) is 34.4. The molecule has 2 aliphatic rings. The lowest BCUT2D eigenvalue weighted by Gasteiger charge is -2.34.